The minimum atomic E-state index is -0.0141. The summed E-state index contributed by atoms with van der Waals surface area (Å²) in [5.41, 5.74) is 16.2. The molecule has 1 aliphatic carbocycles. The molecule has 0 radical (unpaired) electrons. The first-order chi connectivity index (χ1) is 24.5. The van der Waals surface area contributed by atoms with E-state index in [-0.39, 0.29) is 5.41 Å². The van der Waals surface area contributed by atoms with Crippen LogP contribution in [0.2, 0.25) is 0 Å². The standard InChI is InChI=1S/C49H37N/c1-49(2)46-16-10-9-15-44(46)48-45-33-40(18-17-39(45)25-32-47(48)49)38-23-30-43(31-24-38)50(41-26-19-36(20-27-41)34-11-5-3-6-12-34)42-28-21-37(22-29-42)35-13-7-4-8-14-35/h3-33H,1-2H3. The van der Waals surface area contributed by atoms with Gasteiger partial charge in [0.2, 0.25) is 0 Å². The lowest BCUT2D eigenvalue weighted by molar-refractivity contribution is 0.661. The van der Waals surface area contributed by atoms with Crippen LogP contribution in [-0.4, -0.2) is 0 Å². The Balaban J connectivity index is 1.10. The first-order valence-corrected chi connectivity index (χ1v) is 17.4. The first-order valence-electron chi connectivity index (χ1n) is 17.4. The van der Waals surface area contributed by atoms with Crippen LogP contribution in [0.15, 0.2) is 188 Å². The monoisotopic (exact) mass is 639 g/mol. The normalized spacial score (nSPS) is 12.8. The maximum Gasteiger partial charge on any atom is 0.0462 e. The van der Waals surface area contributed by atoms with Crippen molar-refractivity contribution in [3.63, 3.8) is 0 Å². The third-order valence-electron chi connectivity index (χ3n) is 10.5. The van der Waals surface area contributed by atoms with Gasteiger partial charge in [-0.2, -0.15) is 0 Å². The second-order valence-corrected chi connectivity index (χ2v) is 13.8. The van der Waals surface area contributed by atoms with Crippen LogP contribution < -0.4 is 4.90 Å². The summed E-state index contributed by atoms with van der Waals surface area (Å²) in [4.78, 5) is 2.35. The number of anilines is 3. The van der Waals surface area contributed by atoms with Gasteiger partial charge in [-0.15, -0.1) is 0 Å². The van der Waals surface area contributed by atoms with E-state index in [9.17, 15) is 0 Å². The van der Waals surface area contributed by atoms with E-state index in [1.165, 1.54) is 66.4 Å². The van der Waals surface area contributed by atoms with Crippen LogP contribution in [0.3, 0.4) is 0 Å². The van der Waals surface area contributed by atoms with Crippen LogP contribution in [0.1, 0.15) is 25.0 Å². The van der Waals surface area contributed by atoms with Gasteiger partial charge in [0.25, 0.3) is 0 Å². The van der Waals surface area contributed by atoms with Crippen LogP contribution in [0.25, 0.3) is 55.3 Å². The average molecular weight is 640 g/mol. The summed E-state index contributed by atoms with van der Waals surface area (Å²) in [7, 11) is 0. The zero-order valence-electron chi connectivity index (χ0n) is 28.3. The van der Waals surface area contributed by atoms with Gasteiger partial charge in [0.05, 0.1) is 0 Å². The summed E-state index contributed by atoms with van der Waals surface area (Å²) in [5.74, 6) is 0. The first kappa shape index (κ1) is 29.9. The lowest BCUT2D eigenvalue weighted by Gasteiger charge is -2.26. The molecule has 8 aromatic rings. The molecule has 0 saturated heterocycles. The fourth-order valence-electron chi connectivity index (χ4n) is 7.82. The van der Waals surface area contributed by atoms with Crippen molar-refractivity contribution >= 4 is 27.8 Å². The van der Waals surface area contributed by atoms with Crippen LogP contribution in [0, 0.1) is 0 Å². The van der Waals surface area contributed by atoms with E-state index in [2.05, 4.69) is 207 Å². The van der Waals surface area contributed by atoms with Crippen molar-refractivity contribution < 1.29 is 0 Å². The molecule has 0 spiro atoms. The van der Waals surface area contributed by atoms with E-state index in [0.717, 1.165) is 17.1 Å². The Bertz CT molecular complexity index is 2370. The summed E-state index contributed by atoms with van der Waals surface area (Å²) in [6, 6.07) is 68.4. The van der Waals surface area contributed by atoms with Crippen LogP contribution >= 0.6 is 0 Å². The molecule has 0 fully saturated rings. The molecule has 1 heteroatoms. The molecule has 1 aliphatic rings. The molecule has 0 aliphatic heterocycles. The molecule has 1 nitrogen and oxygen atoms in total. The van der Waals surface area contributed by atoms with E-state index in [1.807, 2.05) is 0 Å². The number of rotatable bonds is 6. The van der Waals surface area contributed by atoms with Crippen molar-refractivity contribution in [3.8, 4) is 44.5 Å². The number of nitrogens with zero attached hydrogens (tertiary/aromatic N) is 1. The molecule has 0 N–H and O–H groups in total. The lowest BCUT2D eigenvalue weighted by atomic mass is 9.82. The van der Waals surface area contributed by atoms with Gasteiger partial charge in [-0.1, -0.05) is 159 Å². The summed E-state index contributed by atoms with van der Waals surface area (Å²) in [5, 5.41) is 2.60. The zero-order valence-corrected chi connectivity index (χ0v) is 28.3. The number of hydrogen-bond acceptors (Lipinski definition) is 1. The summed E-state index contributed by atoms with van der Waals surface area (Å²) >= 11 is 0. The van der Waals surface area contributed by atoms with Gasteiger partial charge < -0.3 is 4.90 Å². The third kappa shape index (κ3) is 5.11. The Morgan fingerprint density at radius 1 is 0.360 bits per heavy atom. The average Bonchev–Trinajstić information content (AvgIpc) is 3.42. The lowest BCUT2D eigenvalue weighted by Crippen LogP contribution is -2.14. The molecule has 0 unspecified atom stereocenters. The fraction of sp³-hybridized carbons (Fsp3) is 0.0612. The molecular formula is C49H37N. The van der Waals surface area contributed by atoms with Crippen molar-refractivity contribution in [2.24, 2.45) is 0 Å². The predicted octanol–water partition coefficient (Wildman–Crippen LogP) is 13.6. The molecule has 0 aromatic heterocycles. The predicted molar refractivity (Wildman–Crippen MR) is 213 cm³/mol. The SMILES string of the molecule is CC1(C)c2ccccc2-c2c1ccc1ccc(-c3ccc(N(c4ccc(-c5ccccc5)cc4)c4ccc(-c5ccccc5)cc4)cc3)cc21. The van der Waals surface area contributed by atoms with E-state index >= 15 is 0 Å². The van der Waals surface area contributed by atoms with Crippen LogP contribution in [-0.2, 0) is 5.41 Å². The highest BCUT2D eigenvalue weighted by atomic mass is 15.1. The zero-order chi connectivity index (χ0) is 33.7. The van der Waals surface area contributed by atoms with Crippen molar-refractivity contribution in [2.45, 2.75) is 19.3 Å². The van der Waals surface area contributed by atoms with Crippen LogP contribution in [0.4, 0.5) is 17.1 Å². The van der Waals surface area contributed by atoms with Crippen LogP contribution in [0.5, 0.6) is 0 Å². The minimum absolute atomic E-state index is 0.0141. The maximum absolute atomic E-state index is 2.39. The second kappa shape index (κ2) is 12.1. The Morgan fingerprint density at radius 3 is 1.32 bits per heavy atom. The van der Waals surface area contributed by atoms with Gasteiger partial charge >= 0.3 is 0 Å². The van der Waals surface area contributed by atoms with Crippen molar-refractivity contribution in [3.05, 3.63) is 199 Å². The molecule has 9 rings (SSSR count). The topological polar surface area (TPSA) is 3.24 Å². The fourth-order valence-corrected chi connectivity index (χ4v) is 7.82. The Kier molecular flexibility index (Phi) is 7.21. The molecule has 238 valence electrons. The van der Waals surface area contributed by atoms with Crippen molar-refractivity contribution in [1.29, 1.82) is 0 Å². The van der Waals surface area contributed by atoms with E-state index in [1.54, 1.807) is 0 Å². The molecule has 0 amide bonds. The summed E-state index contributed by atoms with van der Waals surface area (Å²) < 4.78 is 0. The highest BCUT2D eigenvalue weighted by Gasteiger charge is 2.36. The van der Waals surface area contributed by atoms with Gasteiger partial charge in [-0.25, -0.2) is 0 Å². The highest BCUT2D eigenvalue weighted by Crippen LogP contribution is 2.51. The maximum atomic E-state index is 2.39. The number of hydrogen-bond donors (Lipinski definition) is 0. The van der Waals surface area contributed by atoms with Gasteiger partial charge in [0.1, 0.15) is 0 Å². The van der Waals surface area contributed by atoms with Crippen molar-refractivity contribution in [2.75, 3.05) is 4.90 Å². The summed E-state index contributed by atoms with van der Waals surface area (Å²) in [6.07, 6.45) is 0. The molecule has 0 saturated carbocycles. The Hall–Kier alpha value is -6.18. The quantitative estimate of drug-likeness (QED) is 0.175. The third-order valence-corrected chi connectivity index (χ3v) is 10.5. The van der Waals surface area contributed by atoms with Gasteiger partial charge in [-0.05, 0) is 109 Å². The molecule has 50 heavy (non-hydrogen) atoms. The molecule has 8 aromatic carbocycles. The molecule has 0 bridgehead atoms. The van der Waals surface area contributed by atoms with Gasteiger partial charge in [-0.3, -0.25) is 0 Å². The van der Waals surface area contributed by atoms with Crippen molar-refractivity contribution in [1.82, 2.24) is 0 Å². The second-order valence-electron chi connectivity index (χ2n) is 13.8. The van der Waals surface area contributed by atoms with Gasteiger partial charge in [0, 0.05) is 22.5 Å². The summed E-state index contributed by atoms with van der Waals surface area (Å²) in [6.45, 7) is 4.70. The molecular weight excluding hydrogens is 603 g/mol. The van der Waals surface area contributed by atoms with E-state index in [4.69, 9.17) is 0 Å². The highest BCUT2D eigenvalue weighted by molar-refractivity contribution is 6.04. The Morgan fingerprint density at radius 2 is 0.780 bits per heavy atom. The number of fused-ring (bicyclic) bond motifs is 5. The molecule has 0 heterocycles. The van der Waals surface area contributed by atoms with E-state index < -0.39 is 0 Å². The minimum Gasteiger partial charge on any atom is -0.311 e. The Labute approximate surface area is 294 Å². The molecule has 0 atom stereocenters. The largest absolute Gasteiger partial charge is 0.311 e. The smallest absolute Gasteiger partial charge is 0.0462 e. The van der Waals surface area contributed by atoms with Gasteiger partial charge in [0.15, 0.2) is 0 Å². The number of benzene rings is 8. The van der Waals surface area contributed by atoms with E-state index in [0.29, 0.717) is 0 Å².